The Labute approximate surface area is 235 Å². The molecular weight excluding hydrogens is 496 g/mol. The van der Waals surface area contributed by atoms with Crippen LogP contribution in [0.4, 0.5) is 0 Å². The highest BCUT2D eigenvalue weighted by molar-refractivity contribution is 5.99. The Bertz CT molecular complexity index is 920. The number of nitrogens with zero attached hydrogens (tertiary/aromatic N) is 2. The normalized spacial score (nSPS) is 39.4. The highest BCUT2D eigenvalue weighted by Gasteiger charge is 2.70. The Hall–Kier alpha value is -2.12. The lowest BCUT2D eigenvalue weighted by atomic mass is 9.47. The quantitative estimate of drug-likeness (QED) is 0.368. The molecule has 2 N–H and O–H groups in total. The fourth-order valence-electron chi connectivity index (χ4n) is 9.15. The van der Waals surface area contributed by atoms with Gasteiger partial charge in [-0.15, -0.1) is 0 Å². The van der Waals surface area contributed by atoms with Crippen molar-refractivity contribution < 1.29 is 29.4 Å². The van der Waals surface area contributed by atoms with Gasteiger partial charge in [0.05, 0.1) is 0 Å². The summed E-state index contributed by atoms with van der Waals surface area (Å²) in [4.78, 5) is 57.2. The molecule has 0 aromatic carbocycles. The number of amides is 2. The van der Waals surface area contributed by atoms with Crippen LogP contribution in [0.1, 0.15) is 122 Å². The van der Waals surface area contributed by atoms with E-state index in [0.717, 1.165) is 0 Å². The molecule has 8 nitrogen and oxygen atoms in total. The maximum absolute atomic E-state index is 13.6. The van der Waals surface area contributed by atoms with Gasteiger partial charge >= 0.3 is 11.9 Å². The van der Waals surface area contributed by atoms with Gasteiger partial charge in [-0.2, -0.15) is 0 Å². The van der Waals surface area contributed by atoms with Crippen molar-refractivity contribution in [3.05, 3.63) is 0 Å². The monoisotopic (exact) mass is 550 g/mol. The van der Waals surface area contributed by atoms with Gasteiger partial charge in [0.25, 0.3) is 0 Å². The molecular formula is C31H54N2O6. The van der Waals surface area contributed by atoms with Crippen LogP contribution in [0.3, 0.4) is 0 Å². The number of aliphatic carboxylic acids is 2. The molecule has 0 spiro atoms. The van der Waals surface area contributed by atoms with E-state index >= 15 is 0 Å². The fraction of sp³-hybridized carbons (Fsp3) is 0.871. The van der Waals surface area contributed by atoms with Crippen molar-refractivity contribution in [3.63, 3.8) is 0 Å². The van der Waals surface area contributed by atoms with Gasteiger partial charge in [0.15, 0.2) is 5.41 Å². The second-order valence-electron chi connectivity index (χ2n) is 13.5. The number of hydrogen-bond acceptors (Lipinski definition) is 4. The third kappa shape index (κ3) is 4.48. The summed E-state index contributed by atoms with van der Waals surface area (Å²) in [6, 6.07) is 0. The summed E-state index contributed by atoms with van der Waals surface area (Å²) < 4.78 is 0. The van der Waals surface area contributed by atoms with Crippen LogP contribution in [0.15, 0.2) is 0 Å². The summed E-state index contributed by atoms with van der Waals surface area (Å²) in [6.07, 6.45) is 2.88. The first-order valence-corrected chi connectivity index (χ1v) is 14.8. The van der Waals surface area contributed by atoms with Crippen LogP contribution in [-0.4, -0.2) is 65.9 Å². The Morgan fingerprint density at radius 1 is 0.667 bits per heavy atom. The lowest BCUT2D eigenvalue weighted by Gasteiger charge is -2.66. The van der Waals surface area contributed by atoms with Gasteiger partial charge < -0.3 is 20.0 Å². The summed E-state index contributed by atoms with van der Waals surface area (Å²) in [7, 11) is 0. The van der Waals surface area contributed by atoms with Crippen molar-refractivity contribution >= 4 is 23.8 Å². The molecule has 0 saturated carbocycles. The van der Waals surface area contributed by atoms with E-state index in [0.29, 0.717) is 25.7 Å². The van der Waals surface area contributed by atoms with Crippen molar-refractivity contribution in [1.82, 2.24) is 9.80 Å². The van der Waals surface area contributed by atoms with E-state index in [1.807, 2.05) is 79.0 Å². The van der Waals surface area contributed by atoms with Gasteiger partial charge in [-0.25, -0.2) is 0 Å². The molecule has 2 aliphatic rings. The molecule has 2 saturated heterocycles. The van der Waals surface area contributed by atoms with Crippen molar-refractivity contribution in [2.75, 3.05) is 0 Å². The zero-order chi connectivity index (χ0) is 30.5. The molecule has 0 aromatic heterocycles. The molecule has 0 aromatic rings. The van der Waals surface area contributed by atoms with E-state index in [1.165, 1.54) is 0 Å². The molecule has 2 aliphatic heterocycles. The first-order valence-electron chi connectivity index (χ1n) is 14.8. The smallest absolute Gasteiger partial charge is 0.321 e. The zero-order valence-electron chi connectivity index (χ0n) is 26.5. The molecule has 2 heterocycles. The van der Waals surface area contributed by atoms with Gasteiger partial charge in [0.2, 0.25) is 11.8 Å². The second kappa shape index (κ2) is 10.7. The van der Waals surface area contributed by atoms with E-state index in [4.69, 9.17) is 0 Å². The third-order valence-corrected chi connectivity index (χ3v) is 12.1. The van der Waals surface area contributed by atoms with Crippen molar-refractivity contribution in [2.24, 2.45) is 29.1 Å². The number of carboxylic acids is 2. The predicted molar refractivity (Wildman–Crippen MR) is 152 cm³/mol. The van der Waals surface area contributed by atoms with E-state index < -0.39 is 63.2 Å². The molecule has 8 unspecified atom stereocenters. The second-order valence-corrected chi connectivity index (χ2v) is 13.5. The molecule has 0 radical (unpaired) electrons. The first-order chi connectivity index (χ1) is 17.8. The lowest BCUT2D eigenvalue weighted by Crippen LogP contribution is -2.74. The van der Waals surface area contributed by atoms with E-state index in [1.54, 1.807) is 13.8 Å². The highest BCUT2D eigenvalue weighted by Crippen LogP contribution is 2.61. The molecule has 0 aliphatic carbocycles. The molecule has 224 valence electrons. The van der Waals surface area contributed by atoms with Crippen LogP contribution in [0.25, 0.3) is 0 Å². The van der Waals surface area contributed by atoms with Gasteiger partial charge in [-0.05, 0) is 89.9 Å². The lowest BCUT2D eigenvalue weighted by molar-refractivity contribution is -0.212. The van der Waals surface area contributed by atoms with Gasteiger partial charge in [-0.1, -0.05) is 41.5 Å². The van der Waals surface area contributed by atoms with Crippen LogP contribution >= 0.6 is 0 Å². The van der Waals surface area contributed by atoms with Crippen molar-refractivity contribution in [2.45, 2.75) is 144 Å². The van der Waals surface area contributed by atoms with Gasteiger partial charge in [0.1, 0.15) is 0 Å². The molecule has 8 heteroatoms. The largest absolute Gasteiger partial charge is 0.480 e. The van der Waals surface area contributed by atoms with E-state index in [-0.39, 0.29) is 24.7 Å². The summed E-state index contributed by atoms with van der Waals surface area (Å²) in [5, 5.41) is 22.2. The topological polar surface area (TPSA) is 115 Å². The summed E-state index contributed by atoms with van der Waals surface area (Å²) in [6.45, 7) is 22.9. The molecule has 2 fully saturated rings. The number of rotatable bonds is 8. The standard InChI is InChI=1S/C31H54N2O6/c1-13-27(9)17-23(19(5)29(11,15-3)32(27)21(7)34)31(25(36)37,26(38)39)24-18-28(10,14-2)33(22(8)35)30(12,16-4)20(24)6/h19-20,23-24H,13-18H2,1-12H3,(H,36,37)(H,38,39). The number of carbonyl (C=O) groups excluding carboxylic acids is 2. The molecule has 2 amide bonds. The van der Waals surface area contributed by atoms with Crippen LogP contribution < -0.4 is 0 Å². The van der Waals surface area contributed by atoms with Crippen molar-refractivity contribution in [1.29, 1.82) is 0 Å². The van der Waals surface area contributed by atoms with Crippen LogP contribution in [-0.2, 0) is 19.2 Å². The van der Waals surface area contributed by atoms with E-state index in [2.05, 4.69) is 0 Å². The fourth-order valence-corrected chi connectivity index (χ4v) is 9.15. The Kier molecular flexibility index (Phi) is 9.08. The molecule has 0 bridgehead atoms. The summed E-state index contributed by atoms with van der Waals surface area (Å²) in [5.74, 6) is -5.02. The van der Waals surface area contributed by atoms with Crippen molar-refractivity contribution in [3.8, 4) is 0 Å². The first kappa shape index (κ1) is 33.1. The Morgan fingerprint density at radius 3 is 1.13 bits per heavy atom. The van der Waals surface area contributed by atoms with Crippen LogP contribution in [0, 0.1) is 29.1 Å². The molecule has 8 atom stereocenters. The van der Waals surface area contributed by atoms with Gasteiger partial charge in [0, 0.05) is 36.0 Å². The minimum Gasteiger partial charge on any atom is -0.480 e. The average molecular weight is 551 g/mol. The molecule has 39 heavy (non-hydrogen) atoms. The summed E-state index contributed by atoms with van der Waals surface area (Å²) >= 11 is 0. The SMILES string of the molecule is CCC1(C)CC(C(C(=O)O)(C(=O)O)C2CC(C)(CC)N(C(C)=O)C(C)(CC)C2C)C(C)C(C)(CC)N1C(C)=O. The number of carbonyl (C=O) groups is 4. The molecule has 2 rings (SSSR count). The minimum atomic E-state index is -2.09. The number of likely N-dealkylation sites (tertiary alicyclic amines) is 2. The maximum Gasteiger partial charge on any atom is 0.321 e. The number of piperidine rings is 2. The Morgan fingerprint density at radius 2 is 0.949 bits per heavy atom. The number of carboxylic acid groups (broad SMARTS) is 2. The van der Waals surface area contributed by atoms with Crippen LogP contribution in [0.5, 0.6) is 0 Å². The predicted octanol–water partition coefficient (Wildman–Crippen LogP) is 5.83. The highest BCUT2D eigenvalue weighted by atomic mass is 16.4. The zero-order valence-corrected chi connectivity index (χ0v) is 26.5. The Balaban J connectivity index is 2.97. The summed E-state index contributed by atoms with van der Waals surface area (Å²) in [5.41, 5.74) is -4.93. The average Bonchev–Trinajstić information content (AvgIpc) is 2.84. The minimum absolute atomic E-state index is 0.0782. The third-order valence-electron chi connectivity index (χ3n) is 12.1. The van der Waals surface area contributed by atoms with E-state index in [9.17, 15) is 29.4 Å². The number of hydrogen-bond donors (Lipinski definition) is 2. The van der Waals surface area contributed by atoms with Crippen LogP contribution in [0.2, 0.25) is 0 Å². The maximum atomic E-state index is 13.6. The van der Waals surface area contributed by atoms with Gasteiger partial charge in [-0.3, -0.25) is 19.2 Å².